The molecule has 18 heavy (non-hydrogen) atoms. The maximum atomic E-state index is 10.1. The molecule has 1 aliphatic heterocycles. The zero-order chi connectivity index (χ0) is 12.8. The number of hydrogen-bond acceptors (Lipinski definition) is 2. The fraction of sp³-hybridized carbons (Fsp3) is 0.875. The van der Waals surface area contributed by atoms with Gasteiger partial charge >= 0.3 is 0 Å². The molecule has 104 valence electrons. The minimum absolute atomic E-state index is 0.0173. The van der Waals surface area contributed by atoms with Gasteiger partial charge in [0.2, 0.25) is 0 Å². The monoisotopic (exact) mass is 251 g/mol. The van der Waals surface area contributed by atoms with Gasteiger partial charge in [-0.15, -0.1) is 6.58 Å². The number of aliphatic hydroxyl groups is 1. The summed E-state index contributed by atoms with van der Waals surface area (Å²) in [6.07, 6.45) is 13.2. The van der Waals surface area contributed by atoms with E-state index in [0.717, 1.165) is 12.8 Å². The summed E-state index contributed by atoms with van der Waals surface area (Å²) < 4.78 is 0. The standard InChI is InChI=1S/C16H29NO/c1-2-3-4-5-6-12-17-13-8-10-15(17)14-9-7-11-16(14)18/h2,14-16,18H,1,3-13H2. The molecule has 1 saturated heterocycles. The molecule has 2 heteroatoms. The average molecular weight is 251 g/mol. The molecule has 1 heterocycles. The summed E-state index contributed by atoms with van der Waals surface area (Å²) in [5.41, 5.74) is 0. The van der Waals surface area contributed by atoms with Crippen LogP contribution in [0.5, 0.6) is 0 Å². The minimum atomic E-state index is -0.0173. The Kier molecular flexibility index (Phi) is 5.71. The van der Waals surface area contributed by atoms with Crippen molar-refractivity contribution in [3.8, 4) is 0 Å². The maximum Gasteiger partial charge on any atom is 0.0583 e. The first-order valence-electron chi connectivity index (χ1n) is 7.86. The Morgan fingerprint density at radius 2 is 2.00 bits per heavy atom. The van der Waals surface area contributed by atoms with Gasteiger partial charge in [0.25, 0.3) is 0 Å². The number of allylic oxidation sites excluding steroid dienone is 1. The van der Waals surface area contributed by atoms with E-state index in [9.17, 15) is 5.11 Å². The molecule has 0 aromatic rings. The van der Waals surface area contributed by atoms with Crippen LogP contribution in [0.1, 0.15) is 57.8 Å². The minimum Gasteiger partial charge on any atom is -0.393 e. The van der Waals surface area contributed by atoms with Crippen molar-refractivity contribution in [3.05, 3.63) is 12.7 Å². The van der Waals surface area contributed by atoms with Gasteiger partial charge in [0, 0.05) is 12.0 Å². The molecule has 1 N–H and O–H groups in total. The first-order valence-corrected chi connectivity index (χ1v) is 7.86. The molecular formula is C16H29NO. The second-order valence-electron chi connectivity index (χ2n) is 6.05. The largest absolute Gasteiger partial charge is 0.393 e. The summed E-state index contributed by atoms with van der Waals surface area (Å²) in [5.74, 6) is 0.570. The number of likely N-dealkylation sites (tertiary alicyclic amines) is 1. The van der Waals surface area contributed by atoms with Crippen LogP contribution in [0.2, 0.25) is 0 Å². The van der Waals surface area contributed by atoms with Crippen LogP contribution in [0.4, 0.5) is 0 Å². The number of nitrogens with zero attached hydrogens (tertiary/aromatic N) is 1. The van der Waals surface area contributed by atoms with Crippen molar-refractivity contribution in [3.63, 3.8) is 0 Å². The van der Waals surface area contributed by atoms with Crippen LogP contribution in [0.15, 0.2) is 12.7 Å². The highest BCUT2D eigenvalue weighted by Gasteiger charge is 2.37. The number of aliphatic hydroxyl groups excluding tert-OH is 1. The van der Waals surface area contributed by atoms with Crippen molar-refractivity contribution in [2.24, 2.45) is 5.92 Å². The van der Waals surface area contributed by atoms with E-state index in [1.807, 2.05) is 6.08 Å². The molecule has 2 aliphatic rings. The highest BCUT2D eigenvalue weighted by molar-refractivity contribution is 4.91. The molecule has 0 spiro atoms. The van der Waals surface area contributed by atoms with Crippen LogP contribution >= 0.6 is 0 Å². The summed E-state index contributed by atoms with van der Waals surface area (Å²) in [6.45, 7) is 6.27. The number of rotatable bonds is 7. The Morgan fingerprint density at radius 3 is 2.72 bits per heavy atom. The van der Waals surface area contributed by atoms with E-state index >= 15 is 0 Å². The average Bonchev–Trinajstić information content (AvgIpc) is 2.97. The highest BCUT2D eigenvalue weighted by Crippen LogP contribution is 2.35. The van der Waals surface area contributed by atoms with Crippen molar-refractivity contribution in [2.45, 2.75) is 69.9 Å². The fourth-order valence-electron chi connectivity index (χ4n) is 3.81. The van der Waals surface area contributed by atoms with Gasteiger partial charge < -0.3 is 10.0 Å². The van der Waals surface area contributed by atoms with Gasteiger partial charge in [-0.05, 0) is 58.0 Å². The van der Waals surface area contributed by atoms with Crippen molar-refractivity contribution in [1.29, 1.82) is 0 Å². The summed E-state index contributed by atoms with van der Waals surface area (Å²) >= 11 is 0. The summed E-state index contributed by atoms with van der Waals surface area (Å²) in [7, 11) is 0. The topological polar surface area (TPSA) is 23.5 Å². The first-order chi connectivity index (χ1) is 8.83. The quantitative estimate of drug-likeness (QED) is 0.554. The molecule has 0 amide bonds. The van der Waals surface area contributed by atoms with Gasteiger partial charge in [-0.2, -0.15) is 0 Å². The van der Waals surface area contributed by atoms with Gasteiger partial charge in [-0.25, -0.2) is 0 Å². The predicted octanol–water partition coefficient (Wildman–Crippen LogP) is 3.36. The van der Waals surface area contributed by atoms with E-state index in [2.05, 4.69) is 11.5 Å². The Balaban J connectivity index is 1.71. The lowest BCUT2D eigenvalue weighted by Crippen LogP contribution is -2.39. The summed E-state index contributed by atoms with van der Waals surface area (Å²) in [4.78, 5) is 2.66. The zero-order valence-electron chi connectivity index (χ0n) is 11.7. The molecule has 0 radical (unpaired) electrons. The zero-order valence-corrected chi connectivity index (χ0v) is 11.7. The lowest BCUT2D eigenvalue weighted by molar-refractivity contribution is 0.0740. The molecule has 0 bridgehead atoms. The molecule has 0 aromatic heterocycles. The molecule has 2 nitrogen and oxygen atoms in total. The Bertz CT molecular complexity index is 253. The molecule has 2 rings (SSSR count). The smallest absolute Gasteiger partial charge is 0.0583 e. The molecule has 3 unspecified atom stereocenters. The van der Waals surface area contributed by atoms with Gasteiger partial charge in [0.15, 0.2) is 0 Å². The maximum absolute atomic E-state index is 10.1. The van der Waals surface area contributed by atoms with Gasteiger partial charge in [-0.1, -0.05) is 18.9 Å². The van der Waals surface area contributed by atoms with E-state index in [4.69, 9.17) is 0 Å². The van der Waals surface area contributed by atoms with E-state index in [0.29, 0.717) is 12.0 Å². The summed E-state index contributed by atoms with van der Waals surface area (Å²) in [5, 5.41) is 10.1. The van der Waals surface area contributed by atoms with Crippen molar-refractivity contribution in [2.75, 3.05) is 13.1 Å². The first kappa shape index (κ1) is 14.1. The number of hydrogen-bond donors (Lipinski definition) is 1. The third-order valence-electron chi connectivity index (χ3n) is 4.79. The third kappa shape index (κ3) is 3.58. The van der Waals surface area contributed by atoms with Crippen LogP contribution in [0.3, 0.4) is 0 Å². The van der Waals surface area contributed by atoms with Crippen molar-refractivity contribution in [1.82, 2.24) is 4.90 Å². The molecule has 0 aromatic carbocycles. The Hall–Kier alpha value is -0.340. The van der Waals surface area contributed by atoms with E-state index in [1.54, 1.807) is 0 Å². The van der Waals surface area contributed by atoms with Crippen molar-refractivity contribution < 1.29 is 5.11 Å². The molecular weight excluding hydrogens is 222 g/mol. The van der Waals surface area contributed by atoms with E-state index in [-0.39, 0.29) is 6.10 Å². The molecule has 1 saturated carbocycles. The van der Waals surface area contributed by atoms with Crippen LogP contribution in [0.25, 0.3) is 0 Å². The SMILES string of the molecule is C=CCCCCCN1CCCC1C1CCCC1O. The summed E-state index contributed by atoms with van der Waals surface area (Å²) in [6, 6.07) is 0.682. The van der Waals surface area contributed by atoms with Crippen LogP contribution in [-0.2, 0) is 0 Å². The third-order valence-corrected chi connectivity index (χ3v) is 4.79. The lowest BCUT2D eigenvalue weighted by atomic mass is 9.94. The lowest BCUT2D eigenvalue weighted by Gasteiger charge is -2.31. The predicted molar refractivity (Wildman–Crippen MR) is 76.6 cm³/mol. The fourth-order valence-corrected chi connectivity index (χ4v) is 3.81. The van der Waals surface area contributed by atoms with E-state index < -0.39 is 0 Å². The van der Waals surface area contributed by atoms with Gasteiger partial charge in [-0.3, -0.25) is 0 Å². The van der Waals surface area contributed by atoms with Crippen molar-refractivity contribution >= 4 is 0 Å². The normalized spacial score (nSPS) is 33.1. The second-order valence-corrected chi connectivity index (χ2v) is 6.05. The van der Waals surface area contributed by atoms with Gasteiger partial charge in [0.1, 0.15) is 0 Å². The highest BCUT2D eigenvalue weighted by atomic mass is 16.3. The van der Waals surface area contributed by atoms with Crippen LogP contribution in [0, 0.1) is 5.92 Å². The van der Waals surface area contributed by atoms with Crippen LogP contribution < -0.4 is 0 Å². The molecule has 3 atom stereocenters. The molecule has 1 aliphatic carbocycles. The van der Waals surface area contributed by atoms with Gasteiger partial charge in [0.05, 0.1) is 6.10 Å². The van der Waals surface area contributed by atoms with Crippen LogP contribution in [-0.4, -0.2) is 35.2 Å². The molecule has 2 fully saturated rings. The Morgan fingerprint density at radius 1 is 1.11 bits per heavy atom. The number of unbranched alkanes of at least 4 members (excludes halogenated alkanes) is 3. The van der Waals surface area contributed by atoms with E-state index in [1.165, 1.54) is 58.0 Å². The second kappa shape index (κ2) is 7.30. The Labute approximate surface area is 112 Å².